The lowest BCUT2D eigenvalue weighted by Crippen LogP contribution is -2.39. The SMILES string of the molecule is COc1ccc(N(C)CC(O)CN2CCCC2=O)cc1Cl. The molecule has 2 rings (SSSR count). The van der Waals surface area contributed by atoms with Crippen LogP contribution in [0.25, 0.3) is 0 Å². The fraction of sp³-hybridized carbons (Fsp3) is 0.533. The van der Waals surface area contributed by atoms with E-state index in [1.807, 2.05) is 18.0 Å². The Bertz CT molecular complexity index is 510. The summed E-state index contributed by atoms with van der Waals surface area (Å²) in [6, 6.07) is 5.48. The summed E-state index contributed by atoms with van der Waals surface area (Å²) in [5, 5.41) is 10.7. The topological polar surface area (TPSA) is 53.0 Å². The van der Waals surface area contributed by atoms with E-state index in [1.54, 1.807) is 24.1 Å². The maximum absolute atomic E-state index is 11.6. The molecule has 1 N–H and O–H groups in total. The standard InChI is InChI=1S/C15H21ClN2O3/c1-17(11-5-6-14(21-2)13(16)8-11)9-12(19)10-18-7-3-4-15(18)20/h5-6,8,12,19H,3-4,7,9-10H2,1-2H3. The second kappa shape index (κ2) is 7.00. The Balaban J connectivity index is 1.92. The Labute approximate surface area is 130 Å². The van der Waals surface area contributed by atoms with Gasteiger partial charge >= 0.3 is 0 Å². The van der Waals surface area contributed by atoms with E-state index in [1.165, 1.54) is 0 Å². The summed E-state index contributed by atoms with van der Waals surface area (Å²) in [7, 11) is 3.45. The zero-order chi connectivity index (χ0) is 15.4. The minimum Gasteiger partial charge on any atom is -0.495 e. The number of β-amino-alcohol motifs (C(OH)–C–C–N with tert-alkyl or cyclic N) is 1. The van der Waals surface area contributed by atoms with Crippen molar-refractivity contribution in [2.24, 2.45) is 0 Å². The van der Waals surface area contributed by atoms with Gasteiger partial charge in [0.2, 0.25) is 5.91 Å². The first-order chi connectivity index (χ1) is 10.0. The van der Waals surface area contributed by atoms with Crippen molar-refractivity contribution >= 4 is 23.2 Å². The number of aliphatic hydroxyl groups is 1. The number of carbonyl (C=O) groups is 1. The van der Waals surface area contributed by atoms with Crippen LogP contribution in [0.4, 0.5) is 5.69 Å². The number of carbonyl (C=O) groups excluding carboxylic acids is 1. The molecule has 0 radical (unpaired) electrons. The molecule has 1 atom stereocenters. The van der Waals surface area contributed by atoms with Crippen molar-refractivity contribution in [3.05, 3.63) is 23.2 Å². The Morgan fingerprint density at radius 2 is 2.29 bits per heavy atom. The van der Waals surface area contributed by atoms with Crippen molar-refractivity contribution in [2.45, 2.75) is 18.9 Å². The van der Waals surface area contributed by atoms with E-state index in [0.29, 0.717) is 30.3 Å². The average molecular weight is 313 g/mol. The normalized spacial score (nSPS) is 16.2. The number of likely N-dealkylation sites (tertiary alicyclic amines) is 1. The summed E-state index contributed by atoms with van der Waals surface area (Å²) >= 11 is 6.10. The number of amides is 1. The number of anilines is 1. The third-order valence-electron chi connectivity index (χ3n) is 3.66. The lowest BCUT2D eigenvalue weighted by molar-refractivity contribution is -0.128. The van der Waals surface area contributed by atoms with Crippen LogP contribution in [0.3, 0.4) is 0 Å². The molecule has 6 heteroatoms. The zero-order valence-electron chi connectivity index (χ0n) is 12.4. The second-order valence-electron chi connectivity index (χ2n) is 5.30. The molecular formula is C15H21ClN2O3. The van der Waals surface area contributed by atoms with Gasteiger partial charge in [0.25, 0.3) is 0 Å². The number of rotatable bonds is 6. The number of halogens is 1. The quantitative estimate of drug-likeness (QED) is 0.870. The molecule has 1 aromatic carbocycles. The van der Waals surface area contributed by atoms with Gasteiger partial charge in [-0.25, -0.2) is 0 Å². The average Bonchev–Trinajstić information content (AvgIpc) is 2.84. The van der Waals surface area contributed by atoms with Gasteiger partial charge in [-0.3, -0.25) is 4.79 Å². The van der Waals surface area contributed by atoms with Crippen molar-refractivity contribution in [1.29, 1.82) is 0 Å². The van der Waals surface area contributed by atoms with Crippen LogP contribution < -0.4 is 9.64 Å². The smallest absolute Gasteiger partial charge is 0.222 e. The van der Waals surface area contributed by atoms with E-state index in [2.05, 4.69) is 0 Å². The Kier molecular flexibility index (Phi) is 5.31. The lowest BCUT2D eigenvalue weighted by atomic mass is 10.2. The highest BCUT2D eigenvalue weighted by atomic mass is 35.5. The number of likely N-dealkylation sites (N-methyl/N-ethyl adjacent to an activating group) is 1. The maximum atomic E-state index is 11.6. The predicted molar refractivity (Wildman–Crippen MR) is 83.1 cm³/mol. The molecule has 1 heterocycles. The number of nitrogens with zero attached hydrogens (tertiary/aromatic N) is 2. The summed E-state index contributed by atoms with van der Waals surface area (Å²) < 4.78 is 5.12. The number of benzene rings is 1. The Morgan fingerprint density at radius 3 is 2.86 bits per heavy atom. The van der Waals surface area contributed by atoms with Crippen molar-refractivity contribution < 1.29 is 14.6 Å². The van der Waals surface area contributed by atoms with E-state index in [-0.39, 0.29) is 5.91 Å². The van der Waals surface area contributed by atoms with E-state index in [4.69, 9.17) is 16.3 Å². The number of methoxy groups -OCH3 is 1. The van der Waals surface area contributed by atoms with Crippen LogP contribution in [0.1, 0.15) is 12.8 Å². The molecule has 1 saturated heterocycles. The van der Waals surface area contributed by atoms with Crippen molar-refractivity contribution in [1.82, 2.24) is 4.90 Å². The van der Waals surface area contributed by atoms with Gasteiger partial charge in [0, 0.05) is 38.8 Å². The predicted octanol–water partition coefficient (Wildman–Crippen LogP) is 1.77. The molecule has 1 unspecified atom stereocenters. The molecule has 0 aliphatic carbocycles. The third kappa shape index (κ3) is 4.02. The van der Waals surface area contributed by atoms with Gasteiger partial charge in [0.05, 0.1) is 18.2 Å². The Morgan fingerprint density at radius 1 is 1.52 bits per heavy atom. The maximum Gasteiger partial charge on any atom is 0.222 e. The van der Waals surface area contributed by atoms with E-state index < -0.39 is 6.10 Å². The van der Waals surface area contributed by atoms with Crippen LogP contribution in [0.2, 0.25) is 5.02 Å². The van der Waals surface area contributed by atoms with Gasteiger partial charge in [-0.15, -0.1) is 0 Å². The number of hydrogen-bond donors (Lipinski definition) is 1. The molecule has 1 aromatic rings. The fourth-order valence-corrected chi connectivity index (χ4v) is 2.78. The van der Waals surface area contributed by atoms with Gasteiger partial charge in [-0.05, 0) is 24.6 Å². The van der Waals surface area contributed by atoms with Crippen LogP contribution in [0.15, 0.2) is 18.2 Å². The minimum atomic E-state index is -0.585. The van der Waals surface area contributed by atoms with Gasteiger partial charge in [0.15, 0.2) is 0 Å². The molecule has 1 aliphatic rings. The second-order valence-corrected chi connectivity index (χ2v) is 5.70. The largest absolute Gasteiger partial charge is 0.495 e. The molecule has 0 bridgehead atoms. The van der Waals surface area contributed by atoms with Crippen LogP contribution in [0.5, 0.6) is 5.75 Å². The van der Waals surface area contributed by atoms with Gasteiger partial charge in [0.1, 0.15) is 5.75 Å². The van der Waals surface area contributed by atoms with Gasteiger partial charge in [-0.1, -0.05) is 11.6 Å². The van der Waals surface area contributed by atoms with E-state index >= 15 is 0 Å². The fourth-order valence-electron chi connectivity index (χ4n) is 2.52. The monoisotopic (exact) mass is 312 g/mol. The van der Waals surface area contributed by atoms with E-state index in [9.17, 15) is 9.90 Å². The van der Waals surface area contributed by atoms with Crippen molar-refractivity contribution in [3.63, 3.8) is 0 Å². The summed E-state index contributed by atoms with van der Waals surface area (Å²) in [5.41, 5.74) is 0.896. The van der Waals surface area contributed by atoms with Crippen molar-refractivity contribution in [3.8, 4) is 5.75 Å². The van der Waals surface area contributed by atoms with Gasteiger partial charge in [-0.2, -0.15) is 0 Å². The first kappa shape index (κ1) is 15.9. The molecule has 0 spiro atoms. The lowest BCUT2D eigenvalue weighted by Gasteiger charge is -2.26. The minimum absolute atomic E-state index is 0.129. The van der Waals surface area contributed by atoms with Crippen LogP contribution in [0, 0.1) is 0 Å². The van der Waals surface area contributed by atoms with Gasteiger partial charge < -0.3 is 19.6 Å². The molecule has 1 aliphatic heterocycles. The highest BCUT2D eigenvalue weighted by Gasteiger charge is 2.23. The Hall–Kier alpha value is -1.46. The summed E-state index contributed by atoms with van der Waals surface area (Å²) in [6.45, 7) is 1.56. The summed E-state index contributed by atoms with van der Waals surface area (Å²) in [4.78, 5) is 15.2. The molecular weight excluding hydrogens is 292 g/mol. The molecule has 0 saturated carbocycles. The van der Waals surface area contributed by atoms with E-state index in [0.717, 1.165) is 18.7 Å². The first-order valence-corrected chi connectivity index (χ1v) is 7.39. The molecule has 1 fully saturated rings. The van der Waals surface area contributed by atoms with Crippen LogP contribution in [-0.4, -0.2) is 55.8 Å². The highest BCUT2D eigenvalue weighted by molar-refractivity contribution is 6.32. The molecule has 1 amide bonds. The molecule has 21 heavy (non-hydrogen) atoms. The molecule has 116 valence electrons. The van der Waals surface area contributed by atoms with Crippen LogP contribution >= 0.6 is 11.6 Å². The zero-order valence-corrected chi connectivity index (χ0v) is 13.1. The summed E-state index contributed by atoms with van der Waals surface area (Å²) in [6.07, 6.45) is 0.893. The molecule has 5 nitrogen and oxygen atoms in total. The van der Waals surface area contributed by atoms with Crippen molar-refractivity contribution in [2.75, 3.05) is 38.7 Å². The first-order valence-electron chi connectivity index (χ1n) is 7.01. The van der Waals surface area contributed by atoms with Crippen LogP contribution in [-0.2, 0) is 4.79 Å². The highest BCUT2D eigenvalue weighted by Crippen LogP contribution is 2.28. The number of aliphatic hydroxyl groups excluding tert-OH is 1. The number of hydrogen-bond acceptors (Lipinski definition) is 4. The molecule has 0 aromatic heterocycles. The third-order valence-corrected chi connectivity index (χ3v) is 3.96. The number of ether oxygens (including phenoxy) is 1. The summed E-state index contributed by atoms with van der Waals surface area (Å²) in [5.74, 6) is 0.751.